The normalized spacial score (nSPS) is 30.1. The van der Waals surface area contributed by atoms with Gasteiger partial charge in [-0.05, 0) is 75.5 Å². The molecule has 7 heteroatoms. The van der Waals surface area contributed by atoms with Gasteiger partial charge >= 0.3 is 5.97 Å². The number of likely N-dealkylation sites (tertiary alicyclic amines) is 1. The quantitative estimate of drug-likeness (QED) is 0.326. The van der Waals surface area contributed by atoms with E-state index in [1.807, 2.05) is 43.1 Å². The Hall–Kier alpha value is -3.32. The van der Waals surface area contributed by atoms with Gasteiger partial charge in [-0.2, -0.15) is 0 Å². The summed E-state index contributed by atoms with van der Waals surface area (Å²) in [5, 5.41) is 11.1. The number of piperidine rings is 1. The maximum atomic E-state index is 13.5. The maximum absolute atomic E-state index is 13.5. The van der Waals surface area contributed by atoms with Crippen molar-refractivity contribution in [2.75, 3.05) is 20.1 Å². The van der Waals surface area contributed by atoms with Gasteiger partial charge in [0.15, 0.2) is 11.5 Å². The molecule has 1 spiro atoms. The number of esters is 1. The molecule has 40 heavy (non-hydrogen) atoms. The second-order valence-corrected chi connectivity index (χ2v) is 12.7. The molecular weight excluding hydrogens is 504 g/mol. The zero-order valence-corrected chi connectivity index (χ0v) is 23.6. The molecule has 3 aliphatic carbocycles. The average Bonchev–Trinajstić information content (AvgIpc) is 3.67. The molecule has 3 fully saturated rings. The summed E-state index contributed by atoms with van der Waals surface area (Å²) >= 11 is 0. The number of amides is 1. The van der Waals surface area contributed by atoms with Crippen LogP contribution in [-0.2, 0) is 21.4 Å². The Bertz CT molecular complexity index is 1410. The third-order valence-electron chi connectivity index (χ3n) is 10.2. The molecule has 0 radical (unpaired) electrons. The molecule has 1 N–H and O–H groups in total. The minimum atomic E-state index is -0.391. The summed E-state index contributed by atoms with van der Waals surface area (Å²) in [6.07, 6.45) is 9.44. The standard InChI is InChI=1S/C33H38N2O5/c1-19-5-4-6-21(15-19)9-12-29(38)34(3)25-11-10-24-26-16-23-28(39-20(2)36)17-27(37)31-30(23)33(24,32(25)40-31)13-14-35(26)18-22-7-8-22/h4-6,9,12,15,17,22,24-26,32,37H,7-8,10-11,13-14,16,18H2,1-3H3/t24-,25+,26+,32-,33-/m0/s1. The number of carbonyl (C=O) groups is 2. The first-order valence-corrected chi connectivity index (χ1v) is 14.8. The van der Waals surface area contributed by atoms with Crippen LogP contribution in [0.1, 0.15) is 61.3 Å². The Labute approximate surface area is 235 Å². The maximum Gasteiger partial charge on any atom is 0.308 e. The van der Waals surface area contributed by atoms with Crippen molar-refractivity contribution in [1.82, 2.24) is 9.80 Å². The highest BCUT2D eigenvalue weighted by Gasteiger charge is 2.67. The molecule has 2 aliphatic heterocycles. The SMILES string of the molecule is CC(=O)Oc1cc(O)c2c3c1C[C@@H]1[C@@H]4CC[C@@H](N(C)C(=O)C=Cc5cccc(C)c5)[C@H](O2)[C@]34CCN1CC1CC1. The van der Waals surface area contributed by atoms with Gasteiger partial charge in [0.25, 0.3) is 0 Å². The molecular formula is C33H38N2O5. The van der Waals surface area contributed by atoms with E-state index >= 15 is 0 Å². The van der Waals surface area contributed by atoms with Crippen LogP contribution in [0.5, 0.6) is 17.2 Å². The van der Waals surface area contributed by atoms with E-state index in [9.17, 15) is 14.7 Å². The molecule has 0 aromatic heterocycles. The fourth-order valence-electron chi connectivity index (χ4n) is 8.37. The third-order valence-corrected chi connectivity index (χ3v) is 10.2. The van der Waals surface area contributed by atoms with E-state index < -0.39 is 5.97 Å². The average molecular weight is 543 g/mol. The molecule has 7 nitrogen and oxygen atoms in total. The van der Waals surface area contributed by atoms with Crippen molar-refractivity contribution < 1.29 is 24.2 Å². The van der Waals surface area contributed by atoms with Crippen LogP contribution in [-0.4, -0.2) is 65.1 Å². The molecule has 2 heterocycles. The Morgan fingerprint density at radius 1 is 1.23 bits per heavy atom. The molecule has 2 saturated carbocycles. The fourth-order valence-corrected chi connectivity index (χ4v) is 8.37. The zero-order valence-electron chi connectivity index (χ0n) is 23.6. The molecule has 2 bridgehead atoms. The lowest BCUT2D eigenvalue weighted by Gasteiger charge is -2.60. The second kappa shape index (κ2) is 9.37. The monoisotopic (exact) mass is 542 g/mol. The van der Waals surface area contributed by atoms with Crippen LogP contribution in [0.15, 0.2) is 36.4 Å². The lowest BCUT2D eigenvalue weighted by Crippen LogP contribution is -2.69. The summed E-state index contributed by atoms with van der Waals surface area (Å²) in [4.78, 5) is 30.1. The first kappa shape index (κ1) is 25.6. The second-order valence-electron chi connectivity index (χ2n) is 12.7. The van der Waals surface area contributed by atoms with Crippen molar-refractivity contribution in [2.45, 2.75) is 76.0 Å². The Balaban J connectivity index is 1.26. The first-order chi connectivity index (χ1) is 19.3. The highest BCUT2D eigenvalue weighted by molar-refractivity contribution is 5.92. The molecule has 2 aromatic rings. The number of aromatic hydroxyl groups is 1. The van der Waals surface area contributed by atoms with Gasteiger partial charge in [0.05, 0.1) is 6.04 Å². The van der Waals surface area contributed by atoms with Crippen molar-refractivity contribution in [1.29, 1.82) is 0 Å². The van der Waals surface area contributed by atoms with Crippen molar-refractivity contribution in [3.8, 4) is 17.2 Å². The predicted octanol–water partition coefficient (Wildman–Crippen LogP) is 4.62. The predicted molar refractivity (Wildman–Crippen MR) is 151 cm³/mol. The highest BCUT2D eigenvalue weighted by Crippen LogP contribution is 2.65. The van der Waals surface area contributed by atoms with Crippen molar-refractivity contribution in [3.63, 3.8) is 0 Å². The van der Waals surface area contributed by atoms with Crippen LogP contribution >= 0.6 is 0 Å². The lowest BCUT2D eigenvalue weighted by molar-refractivity contribution is -0.135. The van der Waals surface area contributed by atoms with Gasteiger partial charge in [-0.1, -0.05) is 29.8 Å². The molecule has 2 aromatic carbocycles. The number of benzene rings is 2. The van der Waals surface area contributed by atoms with Gasteiger partial charge in [0.2, 0.25) is 5.91 Å². The number of rotatable bonds is 6. The van der Waals surface area contributed by atoms with Crippen LogP contribution in [0.2, 0.25) is 0 Å². The van der Waals surface area contributed by atoms with Gasteiger partial charge < -0.3 is 19.5 Å². The van der Waals surface area contributed by atoms with E-state index in [0.717, 1.165) is 66.9 Å². The van der Waals surface area contributed by atoms with E-state index in [1.165, 1.54) is 19.8 Å². The molecule has 7 rings (SSSR count). The fraction of sp³-hybridized carbons (Fsp3) is 0.515. The van der Waals surface area contributed by atoms with Crippen LogP contribution < -0.4 is 9.47 Å². The zero-order chi connectivity index (χ0) is 27.8. The Kier molecular flexibility index (Phi) is 6.00. The number of hydrogen-bond acceptors (Lipinski definition) is 6. The topological polar surface area (TPSA) is 79.3 Å². The number of hydrogen-bond donors (Lipinski definition) is 1. The summed E-state index contributed by atoms with van der Waals surface area (Å²) in [6, 6.07) is 9.86. The highest BCUT2D eigenvalue weighted by atomic mass is 16.5. The van der Waals surface area contributed by atoms with Crippen molar-refractivity contribution >= 4 is 18.0 Å². The summed E-state index contributed by atoms with van der Waals surface area (Å²) in [5.74, 6) is 1.71. The van der Waals surface area contributed by atoms with Crippen LogP contribution in [0.25, 0.3) is 6.08 Å². The first-order valence-electron chi connectivity index (χ1n) is 14.8. The molecule has 1 saturated heterocycles. The number of phenolic OH excluding ortho intramolecular Hbond substituents is 1. The van der Waals surface area contributed by atoms with Crippen LogP contribution in [0.4, 0.5) is 0 Å². The summed E-state index contributed by atoms with van der Waals surface area (Å²) in [7, 11) is 1.88. The van der Waals surface area contributed by atoms with Gasteiger partial charge in [0, 0.05) is 55.2 Å². The number of nitrogens with zero attached hydrogens (tertiary/aromatic N) is 2. The number of phenols is 1. The Morgan fingerprint density at radius 2 is 2.05 bits per heavy atom. The summed E-state index contributed by atoms with van der Waals surface area (Å²) in [5.41, 5.74) is 3.86. The van der Waals surface area contributed by atoms with Crippen molar-refractivity contribution in [3.05, 3.63) is 58.7 Å². The van der Waals surface area contributed by atoms with E-state index in [4.69, 9.17) is 9.47 Å². The van der Waals surface area contributed by atoms with Gasteiger partial charge in [-0.25, -0.2) is 0 Å². The smallest absolute Gasteiger partial charge is 0.308 e. The van der Waals surface area contributed by atoms with Crippen LogP contribution in [0.3, 0.4) is 0 Å². The minimum absolute atomic E-state index is 0.0171. The van der Waals surface area contributed by atoms with Gasteiger partial charge in [-0.15, -0.1) is 0 Å². The molecule has 210 valence electrons. The molecule has 5 atom stereocenters. The number of ether oxygens (including phenoxy) is 2. The minimum Gasteiger partial charge on any atom is -0.504 e. The van der Waals surface area contributed by atoms with E-state index in [1.54, 1.807) is 12.1 Å². The Morgan fingerprint density at radius 3 is 2.80 bits per heavy atom. The van der Waals surface area contributed by atoms with E-state index in [0.29, 0.717) is 23.5 Å². The van der Waals surface area contributed by atoms with Gasteiger partial charge in [-0.3, -0.25) is 14.5 Å². The molecule has 0 unspecified atom stereocenters. The largest absolute Gasteiger partial charge is 0.504 e. The summed E-state index contributed by atoms with van der Waals surface area (Å²) in [6.45, 7) is 5.55. The van der Waals surface area contributed by atoms with E-state index in [2.05, 4.69) is 11.0 Å². The lowest BCUT2D eigenvalue weighted by atomic mass is 9.50. The van der Waals surface area contributed by atoms with Gasteiger partial charge in [0.1, 0.15) is 11.9 Å². The molecule has 5 aliphatic rings. The number of likely N-dealkylation sites (N-methyl/N-ethyl adjacent to an activating group) is 1. The molecule has 1 amide bonds. The summed E-state index contributed by atoms with van der Waals surface area (Å²) < 4.78 is 12.4. The third kappa shape index (κ3) is 3.96. The van der Waals surface area contributed by atoms with E-state index in [-0.39, 0.29) is 29.2 Å². The number of aryl methyl sites for hydroxylation is 1. The van der Waals surface area contributed by atoms with Crippen LogP contribution in [0, 0.1) is 18.8 Å². The van der Waals surface area contributed by atoms with Crippen molar-refractivity contribution in [2.24, 2.45) is 11.8 Å². The number of carbonyl (C=O) groups excluding carboxylic acids is 2.